The summed E-state index contributed by atoms with van der Waals surface area (Å²) in [7, 11) is 1.71. The van der Waals surface area contributed by atoms with Gasteiger partial charge < -0.3 is 20.2 Å². The van der Waals surface area contributed by atoms with Gasteiger partial charge in [0.2, 0.25) is 5.91 Å². The zero-order valence-electron chi connectivity index (χ0n) is 11.7. The molecule has 1 aromatic rings. The summed E-state index contributed by atoms with van der Waals surface area (Å²) >= 11 is 1.39. The van der Waals surface area contributed by atoms with Crippen LogP contribution in [0.3, 0.4) is 0 Å². The standard InChI is InChI=1S/C13H20N2O4S/c1-9-3-4-10(19-9)7-15(2)12(16)8-20-6-5-11(14)13(17)18/h3-4,11H,5-8,14H2,1-2H3,(H,17,18). The van der Waals surface area contributed by atoms with Gasteiger partial charge in [-0.3, -0.25) is 9.59 Å². The van der Waals surface area contributed by atoms with E-state index in [4.69, 9.17) is 15.3 Å². The third kappa shape index (κ3) is 5.66. The molecule has 0 saturated heterocycles. The number of furan rings is 1. The molecule has 0 bridgehead atoms. The fourth-order valence-electron chi connectivity index (χ4n) is 1.50. The van der Waals surface area contributed by atoms with E-state index < -0.39 is 12.0 Å². The first-order valence-electron chi connectivity index (χ1n) is 6.25. The fourth-order valence-corrected chi connectivity index (χ4v) is 2.46. The molecule has 20 heavy (non-hydrogen) atoms. The van der Waals surface area contributed by atoms with Gasteiger partial charge in [-0.2, -0.15) is 11.8 Å². The molecule has 1 aromatic heterocycles. The molecule has 0 saturated carbocycles. The Hall–Kier alpha value is -1.47. The van der Waals surface area contributed by atoms with Crippen molar-refractivity contribution >= 4 is 23.6 Å². The average molecular weight is 300 g/mol. The predicted molar refractivity (Wildman–Crippen MR) is 77.5 cm³/mol. The minimum Gasteiger partial charge on any atom is -0.480 e. The van der Waals surface area contributed by atoms with Gasteiger partial charge in [0.25, 0.3) is 0 Å². The van der Waals surface area contributed by atoms with Gasteiger partial charge in [0.15, 0.2) is 0 Å². The number of aryl methyl sites for hydroxylation is 1. The van der Waals surface area contributed by atoms with Gasteiger partial charge in [-0.15, -0.1) is 0 Å². The molecule has 0 aliphatic heterocycles. The van der Waals surface area contributed by atoms with Crippen LogP contribution in [0.1, 0.15) is 17.9 Å². The average Bonchev–Trinajstić information content (AvgIpc) is 2.79. The predicted octanol–water partition coefficient (Wildman–Crippen LogP) is 1.08. The molecule has 7 heteroatoms. The Balaban J connectivity index is 2.23. The van der Waals surface area contributed by atoms with E-state index in [9.17, 15) is 9.59 Å². The van der Waals surface area contributed by atoms with Crippen LogP contribution in [0.15, 0.2) is 16.5 Å². The molecule has 1 amide bonds. The third-order valence-electron chi connectivity index (χ3n) is 2.73. The smallest absolute Gasteiger partial charge is 0.320 e. The summed E-state index contributed by atoms with van der Waals surface area (Å²) in [5.74, 6) is 1.39. The van der Waals surface area contributed by atoms with Crippen LogP contribution in [0, 0.1) is 6.92 Å². The molecule has 0 aliphatic rings. The second-order valence-electron chi connectivity index (χ2n) is 4.55. The molecule has 0 aromatic carbocycles. The highest BCUT2D eigenvalue weighted by molar-refractivity contribution is 7.99. The summed E-state index contributed by atoms with van der Waals surface area (Å²) in [5.41, 5.74) is 5.38. The molecule has 112 valence electrons. The maximum absolute atomic E-state index is 11.8. The van der Waals surface area contributed by atoms with E-state index in [1.165, 1.54) is 11.8 Å². The highest BCUT2D eigenvalue weighted by Gasteiger charge is 2.13. The molecule has 1 unspecified atom stereocenters. The highest BCUT2D eigenvalue weighted by Crippen LogP contribution is 2.11. The third-order valence-corrected chi connectivity index (χ3v) is 3.71. The Kier molecular flexibility index (Phi) is 6.60. The van der Waals surface area contributed by atoms with Gasteiger partial charge in [0.1, 0.15) is 17.6 Å². The van der Waals surface area contributed by atoms with E-state index in [0.29, 0.717) is 24.5 Å². The van der Waals surface area contributed by atoms with Crippen molar-refractivity contribution in [1.29, 1.82) is 0 Å². The normalized spacial score (nSPS) is 12.2. The second-order valence-corrected chi connectivity index (χ2v) is 5.65. The molecule has 3 N–H and O–H groups in total. The van der Waals surface area contributed by atoms with Crippen molar-refractivity contribution in [3.05, 3.63) is 23.7 Å². The van der Waals surface area contributed by atoms with Gasteiger partial charge in [0.05, 0.1) is 12.3 Å². The van der Waals surface area contributed by atoms with Crippen LogP contribution >= 0.6 is 11.8 Å². The van der Waals surface area contributed by atoms with Gasteiger partial charge >= 0.3 is 5.97 Å². The minimum atomic E-state index is -1.01. The molecular formula is C13H20N2O4S. The molecular weight excluding hydrogens is 280 g/mol. The van der Waals surface area contributed by atoms with Crippen LogP contribution in [0.25, 0.3) is 0 Å². The van der Waals surface area contributed by atoms with E-state index in [0.717, 1.165) is 11.5 Å². The number of hydrogen-bond acceptors (Lipinski definition) is 5. The first kappa shape index (κ1) is 16.6. The topological polar surface area (TPSA) is 96.8 Å². The van der Waals surface area contributed by atoms with Crippen molar-refractivity contribution in [3.63, 3.8) is 0 Å². The second kappa shape index (κ2) is 7.96. The Bertz CT molecular complexity index is 461. The lowest BCUT2D eigenvalue weighted by Crippen LogP contribution is -2.31. The summed E-state index contributed by atoms with van der Waals surface area (Å²) < 4.78 is 5.41. The van der Waals surface area contributed by atoms with Crippen LogP contribution in [0.4, 0.5) is 0 Å². The van der Waals surface area contributed by atoms with Crippen molar-refractivity contribution in [2.75, 3.05) is 18.6 Å². The molecule has 1 rings (SSSR count). The van der Waals surface area contributed by atoms with Crippen LogP contribution in [-0.4, -0.2) is 46.5 Å². The van der Waals surface area contributed by atoms with Gasteiger partial charge in [-0.05, 0) is 31.2 Å². The lowest BCUT2D eigenvalue weighted by atomic mass is 10.2. The number of carboxylic acids is 1. The fraction of sp³-hybridized carbons (Fsp3) is 0.538. The van der Waals surface area contributed by atoms with E-state index in [1.54, 1.807) is 11.9 Å². The molecule has 1 atom stereocenters. The van der Waals surface area contributed by atoms with E-state index in [-0.39, 0.29) is 5.91 Å². The van der Waals surface area contributed by atoms with E-state index >= 15 is 0 Å². The molecule has 6 nitrogen and oxygen atoms in total. The number of carbonyl (C=O) groups is 2. The zero-order chi connectivity index (χ0) is 15.1. The number of nitrogens with two attached hydrogens (primary N) is 1. The Morgan fingerprint density at radius 3 is 2.75 bits per heavy atom. The maximum Gasteiger partial charge on any atom is 0.320 e. The Labute approximate surface area is 122 Å². The highest BCUT2D eigenvalue weighted by atomic mass is 32.2. The number of nitrogens with zero attached hydrogens (tertiary/aromatic N) is 1. The summed E-state index contributed by atoms with van der Waals surface area (Å²) in [4.78, 5) is 24.0. The quantitative estimate of drug-likeness (QED) is 0.697. The molecule has 0 fully saturated rings. The molecule has 0 spiro atoms. The number of hydrogen-bond donors (Lipinski definition) is 2. The molecule has 0 aliphatic carbocycles. The summed E-state index contributed by atoms with van der Waals surface area (Å²) in [6, 6.07) is 2.84. The number of amides is 1. The summed E-state index contributed by atoms with van der Waals surface area (Å²) in [6.07, 6.45) is 0.356. The lowest BCUT2D eigenvalue weighted by molar-refractivity contribution is -0.138. The maximum atomic E-state index is 11.8. The SMILES string of the molecule is Cc1ccc(CN(C)C(=O)CSCCC(N)C(=O)O)o1. The Morgan fingerprint density at radius 1 is 1.50 bits per heavy atom. The van der Waals surface area contributed by atoms with Crippen molar-refractivity contribution in [3.8, 4) is 0 Å². The van der Waals surface area contributed by atoms with Crippen LogP contribution in [-0.2, 0) is 16.1 Å². The minimum absolute atomic E-state index is 0.0204. The van der Waals surface area contributed by atoms with Gasteiger partial charge in [0, 0.05) is 7.05 Å². The number of rotatable bonds is 8. The first-order chi connectivity index (χ1) is 9.40. The van der Waals surface area contributed by atoms with Gasteiger partial charge in [-0.25, -0.2) is 0 Å². The molecule has 0 radical (unpaired) electrons. The number of carbonyl (C=O) groups excluding carboxylic acids is 1. The molecule has 1 heterocycles. The van der Waals surface area contributed by atoms with E-state index in [1.807, 2.05) is 19.1 Å². The Morgan fingerprint density at radius 2 is 2.20 bits per heavy atom. The largest absolute Gasteiger partial charge is 0.480 e. The van der Waals surface area contributed by atoms with Crippen LogP contribution in [0.2, 0.25) is 0 Å². The van der Waals surface area contributed by atoms with Crippen LogP contribution in [0.5, 0.6) is 0 Å². The van der Waals surface area contributed by atoms with Crippen molar-refractivity contribution in [1.82, 2.24) is 4.90 Å². The van der Waals surface area contributed by atoms with Crippen LogP contribution < -0.4 is 5.73 Å². The number of aliphatic carboxylic acids is 1. The lowest BCUT2D eigenvalue weighted by Gasteiger charge is -2.15. The van der Waals surface area contributed by atoms with Crippen molar-refractivity contribution in [2.45, 2.75) is 25.9 Å². The number of thioether (sulfide) groups is 1. The van der Waals surface area contributed by atoms with Crippen molar-refractivity contribution < 1.29 is 19.1 Å². The van der Waals surface area contributed by atoms with E-state index in [2.05, 4.69) is 0 Å². The monoisotopic (exact) mass is 300 g/mol. The zero-order valence-corrected chi connectivity index (χ0v) is 12.5. The number of carboxylic acid groups (broad SMARTS) is 1. The summed E-state index contributed by atoms with van der Waals surface area (Å²) in [5, 5.41) is 8.62. The first-order valence-corrected chi connectivity index (χ1v) is 7.41. The van der Waals surface area contributed by atoms with Gasteiger partial charge in [-0.1, -0.05) is 0 Å². The van der Waals surface area contributed by atoms with Crippen molar-refractivity contribution in [2.24, 2.45) is 5.73 Å². The summed E-state index contributed by atoms with van der Waals surface area (Å²) in [6.45, 7) is 2.29.